The maximum atomic E-state index is 11.5. The monoisotopic (exact) mass is 307 g/mol. The molecule has 0 aromatic rings. The number of aliphatic hydroxyl groups excluding tert-OH is 4. The molecule has 21 heavy (non-hydrogen) atoms. The maximum Gasteiger partial charge on any atom is 0.320 e. The van der Waals surface area contributed by atoms with E-state index in [2.05, 4.69) is 0 Å². The quantitative estimate of drug-likeness (QED) is 0.265. The van der Waals surface area contributed by atoms with Crippen LogP contribution in [0.25, 0.3) is 0 Å². The van der Waals surface area contributed by atoms with Gasteiger partial charge in [0.2, 0.25) is 0 Å². The number of carboxylic acids is 1. The molecule has 0 unspecified atom stereocenters. The molecule has 0 aromatic carbocycles. The number of rotatable bonds is 11. The second kappa shape index (κ2) is 9.80. The molecule has 124 valence electrons. The van der Waals surface area contributed by atoms with Crippen molar-refractivity contribution < 1.29 is 35.1 Å². The minimum atomic E-state index is -1.55. The molecule has 0 rings (SSSR count). The molecule has 0 fully saturated rings. The molecule has 0 heterocycles. The van der Waals surface area contributed by atoms with Crippen LogP contribution in [0.3, 0.4) is 0 Å². The van der Waals surface area contributed by atoms with Crippen molar-refractivity contribution in [3.63, 3.8) is 0 Å². The molecular formula is C13H25NO7. The first kappa shape index (κ1) is 19.9. The van der Waals surface area contributed by atoms with Crippen LogP contribution in [0.4, 0.5) is 0 Å². The third kappa shape index (κ3) is 7.49. The number of nitrogens with two attached hydrogens (primary N) is 1. The van der Waals surface area contributed by atoms with Gasteiger partial charge in [0.25, 0.3) is 0 Å². The highest BCUT2D eigenvalue weighted by Crippen LogP contribution is 2.12. The minimum absolute atomic E-state index is 0.00396. The van der Waals surface area contributed by atoms with Crippen LogP contribution in [0.1, 0.15) is 39.0 Å². The Balaban J connectivity index is 4.09. The van der Waals surface area contributed by atoms with Crippen LogP contribution >= 0.6 is 0 Å². The molecule has 0 aliphatic heterocycles. The van der Waals surface area contributed by atoms with E-state index in [4.69, 9.17) is 10.8 Å². The van der Waals surface area contributed by atoms with E-state index >= 15 is 0 Å². The van der Waals surface area contributed by atoms with Crippen molar-refractivity contribution in [2.24, 2.45) is 5.73 Å². The third-order valence-electron chi connectivity index (χ3n) is 3.33. The van der Waals surface area contributed by atoms with E-state index in [-0.39, 0.29) is 37.9 Å². The van der Waals surface area contributed by atoms with Crippen molar-refractivity contribution in [3.8, 4) is 0 Å². The van der Waals surface area contributed by atoms with Crippen molar-refractivity contribution in [1.29, 1.82) is 0 Å². The number of ketones is 1. The van der Waals surface area contributed by atoms with Crippen LogP contribution in [0.2, 0.25) is 0 Å². The van der Waals surface area contributed by atoms with Gasteiger partial charge in [-0.3, -0.25) is 9.59 Å². The van der Waals surface area contributed by atoms with Gasteiger partial charge < -0.3 is 31.3 Å². The molecule has 5 atom stereocenters. The van der Waals surface area contributed by atoms with Crippen LogP contribution in [-0.2, 0) is 9.59 Å². The second-order valence-corrected chi connectivity index (χ2v) is 5.08. The Hall–Kier alpha value is -1.06. The van der Waals surface area contributed by atoms with Crippen LogP contribution in [0.5, 0.6) is 0 Å². The van der Waals surface area contributed by atoms with Gasteiger partial charge in [-0.1, -0.05) is 6.92 Å². The predicted molar refractivity (Wildman–Crippen MR) is 73.4 cm³/mol. The molecule has 0 radical (unpaired) electrons. The van der Waals surface area contributed by atoms with Gasteiger partial charge in [-0.05, 0) is 19.3 Å². The van der Waals surface area contributed by atoms with Gasteiger partial charge in [0, 0.05) is 12.8 Å². The van der Waals surface area contributed by atoms with Crippen molar-refractivity contribution in [3.05, 3.63) is 0 Å². The first-order valence-corrected chi connectivity index (χ1v) is 6.93. The summed E-state index contributed by atoms with van der Waals surface area (Å²) in [4.78, 5) is 22.0. The number of hydrogen-bond acceptors (Lipinski definition) is 7. The van der Waals surface area contributed by atoms with Gasteiger partial charge in [-0.25, -0.2) is 0 Å². The lowest BCUT2D eigenvalue weighted by Gasteiger charge is -2.25. The zero-order chi connectivity index (χ0) is 16.6. The van der Waals surface area contributed by atoms with Crippen molar-refractivity contribution in [2.75, 3.05) is 0 Å². The fourth-order valence-electron chi connectivity index (χ4n) is 1.74. The Morgan fingerprint density at radius 1 is 0.952 bits per heavy atom. The second-order valence-electron chi connectivity index (χ2n) is 5.08. The highest BCUT2D eigenvalue weighted by molar-refractivity contribution is 5.80. The summed E-state index contributed by atoms with van der Waals surface area (Å²) < 4.78 is 0. The molecule has 0 spiro atoms. The van der Waals surface area contributed by atoms with Crippen molar-refractivity contribution in [1.82, 2.24) is 0 Å². The average molecular weight is 307 g/mol. The smallest absolute Gasteiger partial charge is 0.320 e. The molecule has 0 saturated carbocycles. The van der Waals surface area contributed by atoms with Crippen LogP contribution in [0.15, 0.2) is 0 Å². The largest absolute Gasteiger partial charge is 0.480 e. The lowest BCUT2D eigenvalue weighted by Crippen LogP contribution is -2.44. The lowest BCUT2D eigenvalue weighted by molar-refractivity contribution is -0.138. The van der Waals surface area contributed by atoms with E-state index in [1.807, 2.05) is 0 Å². The third-order valence-corrected chi connectivity index (χ3v) is 3.33. The first-order chi connectivity index (χ1) is 9.70. The normalized spacial score (nSPS) is 18.6. The molecule has 0 aliphatic carbocycles. The van der Waals surface area contributed by atoms with Crippen LogP contribution in [0, 0.1) is 0 Å². The van der Waals surface area contributed by atoms with E-state index in [9.17, 15) is 30.0 Å². The summed E-state index contributed by atoms with van der Waals surface area (Å²) in [6.07, 6.45) is -5.50. The molecule has 8 heteroatoms. The van der Waals surface area contributed by atoms with Gasteiger partial charge in [0.05, 0.1) is 12.2 Å². The Bertz CT molecular complexity index is 336. The molecule has 0 amide bonds. The summed E-state index contributed by atoms with van der Waals surface area (Å²) in [6, 6.07) is -1.11. The highest BCUT2D eigenvalue weighted by Gasteiger charge is 2.29. The molecule has 0 saturated heterocycles. The van der Waals surface area contributed by atoms with Crippen molar-refractivity contribution >= 4 is 11.8 Å². The fraction of sp³-hybridized carbons (Fsp3) is 0.846. The van der Waals surface area contributed by atoms with Gasteiger partial charge >= 0.3 is 5.97 Å². The highest BCUT2D eigenvalue weighted by atomic mass is 16.4. The Kier molecular flexibility index (Phi) is 9.31. The number of carboxylic acid groups (broad SMARTS) is 1. The Morgan fingerprint density at radius 3 is 1.90 bits per heavy atom. The summed E-state index contributed by atoms with van der Waals surface area (Å²) in [5.41, 5.74) is 5.26. The summed E-state index contributed by atoms with van der Waals surface area (Å²) in [5.74, 6) is -1.47. The molecule has 8 nitrogen and oxygen atoms in total. The number of aliphatic carboxylic acids is 1. The van der Waals surface area contributed by atoms with E-state index in [1.54, 1.807) is 6.92 Å². The summed E-state index contributed by atoms with van der Waals surface area (Å²) in [7, 11) is 0. The summed E-state index contributed by atoms with van der Waals surface area (Å²) in [5, 5.41) is 46.7. The van der Waals surface area contributed by atoms with E-state index in [0.29, 0.717) is 0 Å². The van der Waals surface area contributed by atoms with E-state index in [0.717, 1.165) is 0 Å². The molecule has 0 aromatic heterocycles. The summed E-state index contributed by atoms with van der Waals surface area (Å²) >= 11 is 0. The summed E-state index contributed by atoms with van der Waals surface area (Å²) in [6.45, 7) is 1.61. The van der Waals surface area contributed by atoms with Gasteiger partial charge in [-0.2, -0.15) is 0 Å². The zero-order valence-corrected chi connectivity index (χ0v) is 12.1. The Morgan fingerprint density at radius 2 is 1.43 bits per heavy atom. The predicted octanol–water partition coefficient (Wildman–Crippen LogP) is -1.62. The fourth-order valence-corrected chi connectivity index (χ4v) is 1.74. The first-order valence-electron chi connectivity index (χ1n) is 6.93. The van der Waals surface area contributed by atoms with Crippen molar-refractivity contribution in [2.45, 2.75) is 69.5 Å². The van der Waals surface area contributed by atoms with E-state index < -0.39 is 36.4 Å². The number of Topliss-reactive ketones (excluding diaryl/α,β-unsaturated/α-hetero) is 1. The van der Waals surface area contributed by atoms with Gasteiger partial charge in [-0.15, -0.1) is 0 Å². The standard InChI is InChI=1S/C13H25NO7/c1-2-9(16)11(18)12(19)10(17)6-4-7(15)3-5-8(14)13(20)21/h8-12,16-19H,2-6,14H2,1H3,(H,20,21)/t8-,9-,10+,11-,12-/m1/s1. The number of hydrogen-bond donors (Lipinski definition) is 6. The minimum Gasteiger partial charge on any atom is -0.480 e. The molecule has 0 bridgehead atoms. The van der Waals surface area contributed by atoms with Gasteiger partial charge in [0.15, 0.2) is 0 Å². The van der Waals surface area contributed by atoms with Crippen LogP contribution < -0.4 is 5.73 Å². The Labute approximate surface area is 123 Å². The number of carbonyl (C=O) groups excluding carboxylic acids is 1. The topological polar surface area (TPSA) is 161 Å². The molecule has 0 aliphatic rings. The average Bonchev–Trinajstić information content (AvgIpc) is 2.47. The van der Waals surface area contributed by atoms with Gasteiger partial charge in [0.1, 0.15) is 24.0 Å². The number of carbonyl (C=O) groups is 2. The number of aliphatic hydroxyl groups is 4. The zero-order valence-electron chi connectivity index (χ0n) is 12.1. The lowest BCUT2D eigenvalue weighted by atomic mass is 9.96. The SMILES string of the molecule is CC[C@@H](O)[C@@H](O)[C@H](O)[C@@H](O)CCC(=O)CC[C@@H](N)C(=O)O. The van der Waals surface area contributed by atoms with E-state index in [1.165, 1.54) is 0 Å². The molecular weight excluding hydrogens is 282 g/mol. The molecule has 7 N–H and O–H groups in total. The van der Waals surface area contributed by atoms with Crippen LogP contribution in [-0.4, -0.2) is 67.7 Å². The maximum absolute atomic E-state index is 11.5.